The van der Waals surface area contributed by atoms with Gasteiger partial charge in [0.2, 0.25) is 0 Å². The number of rotatable bonds is 15. The largest absolute Gasteiger partial charge is 0.508 e. The van der Waals surface area contributed by atoms with E-state index in [0.717, 1.165) is 60.8 Å². The van der Waals surface area contributed by atoms with Gasteiger partial charge in [-0.2, -0.15) is 0 Å². The summed E-state index contributed by atoms with van der Waals surface area (Å²) in [5.41, 5.74) is 3.85. The minimum absolute atomic E-state index is 0.231. The highest BCUT2D eigenvalue weighted by molar-refractivity contribution is 5.72. The number of phenolic OH excluding ortho intramolecular Hbond substituents is 2. The van der Waals surface area contributed by atoms with Crippen molar-refractivity contribution >= 4 is 11.9 Å². The monoisotopic (exact) mass is 622 g/mol. The van der Waals surface area contributed by atoms with E-state index < -0.39 is 0 Å². The number of phenols is 2. The molecule has 0 aromatic heterocycles. The van der Waals surface area contributed by atoms with E-state index in [0.29, 0.717) is 24.3 Å². The van der Waals surface area contributed by atoms with Crippen LogP contribution in [0, 0.1) is 0 Å². The van der Waals surface area contributed by atoms with Crippen LogP contribution in [0.2, 0.25) is 0 Å². The molecular weight excluding hydrogens is 576 g/mol. The Balaban J connectivity index is 1.07. The molecule has 0 aliphatic heterocycles. The first kappa shape index (κ1) is 34.3. The average Bonchev–Trinajstić information content (AvgIpc) is 3.03. The summed E-state index contributed by atoms with van der Waals surface area (Å²) in [6.45, 7) is 8.48. The van der Waals surface area contributed by atoms with Crippen molar-refractivity contribution < 1.29 is 29.3 Å². The first-order chi connectivity index (χ1) is 21.9. The van der Waals surface area contributed by atoms with Crippen molar-refractivity contribution in [3.63, 3.8) is 0 Å². The fraction of sp³-hybridized carbons (Fsp3) is 0.350. The molecule has 2 N–H and O–H groups in total. The lowest BCUT2D eigenvalue weighted by Gasteiger charge is -2.26. The number of hydrogen-bond donors (Lipinski definition) is 2. The van der Waals surface area contributed by atoms with Crippen molar-refractivity contribution in [3.8, 4) is 23.0 Å². The molecule has 4 rings (SSSR count). The van der Waals surface area contributed by atoms with E-state index in [1.165, 1.54) is 0 Å². The Kier molecular flexibility index (Phi) is 11.6. The zero-order valence-electron chi connectivity index (χ0n) is 27.4. The highest BCUT2D eigenvalue weighted by Crippen LogP contribution is 2.34. The minimum atomic E-state index is -0.253. The minimum Gasteiger partial charge on any atom is -0.508 e. The van der Waals surface area contributed by atoms with Crippen LogP contribution in [0.15, 0.2) is 97.1 Å². The third-order valence-corrected chi connectivity index (χ3v) is 8.81. The Hall–Kier alpha value is -4.58. The topological polar surface area (TPSA) is 93.1 Å². The van der Waals surface area contributed by atoms with E-state index in [9.17, 15) is 19.8 Å². The second-order valence-electron chi connectivity index (χ2n) is 13.0. The lowest BCUT2D eigenvalue weighted by molar-refractivity contribution is -0.135. The van der Waals surface area contributed by atoms with Crippen molar-refractivity contribution in [2.24, 2.45) is 0 Å². The molecule has 0 radical (unpaired) electrons. The summed E-state index contributed by atoms with van der Waals surface area (Å²) in [4.78, 5) is 24.7. The van der Waals surface area contributed by atoms with Crippen LogP contribution in [0.5, 0.6) is 23.0 Å². The highest BCUT2D eigenvalue weighted by atomic mass is 16.5. The van der Waals surface area contributed by atoms with Crippen molar-refractivity contribution in [3.05, 3.63) is 119 Å². The maximum atomic E-state index is 12.3. The fourth-order valence-electron chi connectivity index (χ4n) is 5.58. The number of ether oxygens (including phenoxy) is 2. The summed E-state index contributed by atoms with van der Waals surface area (Å²) < 4.78 is 11.1. The van der Waals surface area contributed by atoms with Crippen LogP contribution in [-0.4, -0.2) is 22.2 Å². The second-order valence-corrected chi connectivity index (χ2v) is 13.0. The van der Waals surface area contributed by atoms with Gasteiger partial charge in [-0.1, -0.05) is 102 Å². The van der Waals surface area contributed by atoms with Gasteiger partial charge in [-0.3, -0.25) is 9.59 Å². The Morgan fingerprint density at radius 1 is 0.457 bits per heavy atom. The molecule has 0 fully saturated rings. The molecule has 0 aliphatic carbocycles. The fourth-order valence-corrected chi connectivity index (χ4v) is 5.58. The Morgan fingerprint density at radius 3 is 1.02 bits per heavy atom. The third kappa shape index (κ3) is 9.46. The second kappa shape index (κ2) is 15.6. The number of esters is 2. The van der Waals surface area contributed by atoms with E-state index in [1.807, 2.05) is 72.8 Å². The molecule has 0 spiro atoms. The zero-order valence-corrected chi connectivity index (χ0v) is 27.4. The standard InChI is InChI=1S/C40H46O6/c1-39(2,29-13-21-33(41)22-14-29)31-17-25-35(26-18-31)45-37(43)11-9-7-5-6-8-10-12-38(44)46-36-27-19-32(20-28-36)40(3,4)30-15-23-34(42)24-16-30/h13-28,41-42H,5-12H2,1-4H3. The molecule has 0 amide bonds. The van der Waals surface area contributed by atoms with Crippen LogP contribution in [0.3, 0.4) is 0 Å². The first-order valence-electron chi connectivity index (χ1n) is 16.2. The summed E-state index contributed by atoms with van der Waals surface area (Å²) in [6.07, 6.45) is 6.16. The van der Waals surface area contributed by atoms with Gasteiger partial charge in [0.1, 0.15) is 23.0 Å². The summed E-state index contributed by atoms with van der Waals surface area (Å²) >= 11 is 0. The van der Waals surface area contributed by atoms with E-state index >= 15 is 0 Å². The van der Waals surface area contributed by atoms with Crippen molar-refractivity contribution in [1.82, 2.24) is 0 Å². The Labute approximate surface area is 273 Å². The number of benzene rings is 4. The Bertz CT molecular complexity index is 1430. The van der Waals surface area contributed by atoms with Gasteiger partial charge in [0, 0.05) is 23.7 Å². The molecule has 6 heteroatoms. The predicted molar refractivity (Wildman–Crippen MR) is 182 cm³/mol. The van der Waals surface area contributed by atoms with Crippen LogP contribution < -0.4 is 9.47 Å². The van der Waals surface area contributed by atoms with Crippen LogP contribution in [0.1, 0.15) is 101 Å². The maximum absolute atomic E-state index is 12.3. The van der Waals surface area contributed by atoms with Gasteiger partial charge in [0.15, 0.2) is 0 Å². The van der Waals surface area contributed by atoms with E-state index in [2.05, 4.69) is 27.7 Å². The van der Waals surface area contributed by atoms with Crippen LogP contribution in [0.25, 0.3) is 0 Å². The van der Waals surface area contributed by atoms with Crippen LogP contribution in [0.4, 0.5) is 0 Å². The molecular formula is C40H46O6. The van der Waals surface area contributed by atoms with Gasteiger partial charge in [0.25, 0.3) is 0 Å². The number of carbonyl (C=O) groups is 2. The summed E-state index contributed by atoms with van der Waals surface area (Å²) in [5, 5.41) is 19.2. The van der Waals surface area contributed by atoms with Gasteiger partial charge in [-0.15, -0.1) is 0 Å². The smallest absolute Gasteiger partial charge is 0.311 e. The molecule has 0 saturated carbocycles. The highest BCUT2D eigenvalue weighted by Gasteiger charge is 2.24. The maximum Gasteiger partial charge on any atom is 0.311 e. The van der Waals surface area contributed by atoms with Crippen molar-refractivity contribution in [2.75, 3.05) is 0 Å². The van der Waals surface area contributed by atoms with Gasteiger partial charge in [-0.05, 0) is 83.6 Å². The number of carbonyl (C=O) groups excluding carboxylic acids is 2. The summed E-state index contributed by atoms with van der Waals surface area (Å²) in [7, 11) is 0. The quantitative estimate of drug-likeness (QED) is 0.0780. The summed E-state index contributed by atoms with van der Waals surface area (Å²) in [6, 6.07) is 29.6. The number of hydrogen-bond acceptors (Lipinski definition) is 6. The predicted octanol–water partition coefficient (Wildman–Crippen LogP) is 9.38. The van der Waals surface area contributed by atoms with Gasteiger partial charge in [-0.25, -0.2) is 0 Å². The molecule has 0 bridgehead atoms. The molecule has 242 valence electrons. The van der Waals surface area contributed by atoms with Crippen molar-refractivity contribution in [1.29, 1.82) is 0 Å². The molecule has 6 nitrogen and oxygen atoms in total. The van der Waals surface area contributed by atoms with Crippen LogP contribution in [-0.2, 0) is 20.4 Å². The first-order valence-corrected chi connectivity index (χ1v) is 16.2. The molecule has 0 heterocycles. The van der Waals surface area contributed by atoms with E-state index in [-0.39, 0.29) is 34.3 Å². The molecule has 4 aromatic rings. The van der Waals surface area contributed by atoms with Crippen LogP contribution >= 0.6 is 0 Å². The average molecular weight is 623 g/mol. The Morgan fingerprint density at radius 2 is 0.717 bits per heavy atom. The van der Waals surface area contributed by atoms with Gasteiger partial charge in [0.05, 0.1) is 0 Å². The normalized spacial score (nSPS) is 11.7. The summed E-state index contributed by atoms with van der Waals surface area (Å²) in [5.74, 6) is 1.10. The lowest BCUT2D eigenvalue weighted by Crippen LogP contribution is -2.18. The number of unbranched alkanes of at least 4 members (excludes halogenated alkanes) is 5. The van der Waals surface area contributed by atoms with Crippen molar-refractivity contribution in [2.45, 2.75) is 89.9 Å². The molecule has 0 saturated heterocycles. The molecule has 0 atom stereocenters. The lowest BCUT2D eigenvalue weighted by atomic mass is 9.78. The molecule has 4 aromatic carbocycles. The third-order valence-electron chi connectivity index (χ3n) is 8.81. The molecule has 46 heavy (non-hydrogen) atoms. The number of aromatic hydroxyl groups is 2. The molecule has 0 aliphatic rings. The molecule has 0 unspecified atom stereocenters. The van der Waals surface area contributed by atoms with Gasteiger partial charge >= 0.3 is 11.9 Å². The van der Waals surface area contributed by atoms with Gasteiger partial charge < -0.3 is 19.7 Å². The van der Waals surface area contributed by atoms with E-state index in [4.69, 9.17) is 9.47 Å². The van der Waals surface area contributed by atoms with E-state index in [1.54, 1.807) is 24.3 Å². The zero-order chi connectivity index (χ0) is 33.2. The SMILES string of the molecule is CC(C)(c1ccc(O)cc1)c1ccc(OC(=O)CCCCCCCCC(=O)Oc2ccc(C(C)(C)c3ccc(O)cc3)cc2)cc1.